The molecule has 0 spiro atoms. The van der Waals surface area contributed by atoms with Crippen LogP contribution in [0.25, 0.3) is 0 Å². The Hall–Kier alpha value is -1.51. The van der Waals surface area contributed by atoms with Gasteiger partial charge >= 0.3 is 0 Å². The highest BCUT2D eigenvalue weighted by Crippen LogP contribution is 2.27. The molecular formula is C19H30O3. The van der Waals surface area contributed by atoms with Gasteiger partial charge in [0, 0.05) is 12.0 Å². The highest BCUT2D eigenvalue weighted by Gasteiger charge is 2.09. The van der Waals surface area contributed by atoms with Crippen molar-refractivity contribution < 1.29 is 14.6 Å². The highest BCUT2D eigenvalue weighted by molar-refractivity contribution is 5.96. The number of carbonyl (C=O) groups is 1. The lowest BCUT2D eigenvalue weighted by atomic mass is 10.0. The molecule has 0 aliphatic rings. The summed E-state index contributed by atoms with van der Waals surface area (Å²) in [4.78, 5) is 12.1. The van der Waals surface area contributed by atoms with Crippen molar-refractivity contribution in [3.8, 4) is 11.5 Å². The molecule has 1 aromatic rings. The van der Waals surface area contributed by atoms with E-state index < -0.39 is 0 Å². The fraction of sp³-hybridized carbons (Fsp3) is 0.632. The Labute approximate surface area is 134 Å². The number of phenolic OH excluding ortho intramolecular Hbond substituents is 1. The summed E-state index contributed by atoms with van der Waals surface area (Å²) < 4.78 is 5.03. The summed E-state index contributed by atoms with van der Waals surface area (Å²) in [5.41, 5.74) is 0.620. The molecule has 0 saturated heterocycles. The maximum absolute atomic E-state index is 12.1. The standard InChI is InChI=1S/C19H30O3/c1-3-4-5-6-7-8-9-10-11-12-17(20)16-13-14-18(21)19(15-16)22-2/h13-15,21H,3-12H2,1-2H3. The van der Waals surface area contributed by atoms with Crippen LogP contribution >= 0.6 is 0 Å². The summed E-state index contributed by atoms with van der Waals surface area (Å²) in [6, 6.07) is 4.79. The molecule has 0 aromatic heterocycles. The van der Waals surface area contributed by atoms with E-state index >= 15 is 0 Å². The number of unbranched alkanes of at least 4 members (excludes halogenated alkanes) is 8. The first-order chi connectivity index (χ1) is 10.7. The fourth-order valence-electron chi connectivity index (χ4n) is 2.59. The second kappa shape index (κ2) is 11.1. The van der Waals surface area contributed by atoms with Crippen molar-refractivity contribution in [2.24, 2.45) is 0 Å². The van der Waals surface area contributed by atoms with Gasteiger partial charge in [-0.1, -0.05) is 58.3 Å². The molecule has 0 fully saturated rings. The number of hydrogen-bond acceptors (Lipinski definition) is 3. The van der Waals surface area contributed by atoms with Crippen LogP contribution in [0.1, 0.15) is 81.5 Å². The monoisotopic (exact) mass is 306 g/mol. The van der Waals surface area contributed by atoms with E-state index in [-0.39, 0.29) is 11.5 Å². The van der Waals surface area contributed by atoms with Crippen molar-refractivity contribution >= 4 is 5.78 Å². The van der Waals surface area contributed by atoms with Gasteiger partial charge in [0.15, 0.2) is 17.3 Å². The SMILES string of the molecule is CCCCCCCCCCCC(=O)c1ccc(O)c(OC)c1. The molecule has 22 heavy (non-hydrogen) atoms. The fourth-order valence-corrected chi connectivity index (χ4v) is 2.59. The molecule has 0 aliphatic heterocycles. The Balaban J connectivity index is 2.16. The van der Waals surface area contributed by atoms with Crippen molar-refractivity contribution in [2.45, 2.75) is 71.1 Å². The van der Waals surface area contributed by atoms with Gasteiger partial charge in [-0.05, 0) is 24.6 Å². The topological polar surface area (TPSA) is 46.5 Å². The summed E-state index contributed by atoms with van der Waals surface area (Å²) >= 11 is 0. The number of rotatable bonds is 12. The van der Waals surface area contributed by atoms with E-state index in [9.17, 15) is 9.90 Å². The van der Waals surface area contributed by atoms with Crippen LogP contribution < -0.4 is 4.74 Å². The number of aromatic hydroxyl groups is 1. The predicted molar refractivity (Wildman–Crippen MR) is 90.8 cm³/mol. The number of benzene rings is 1. The maximum atomic E-state index is 12.1. The third-order valence-electron chi connectivity index (χ3n) is 4.01. The van der Waals surface area contributed by atoms with E-state index in [1.54, 1.807) is 12.1 Å². The minimum Gasteiger partial charge on any atom is -0.504 e. The van der Waals surface area contributed by atoms with Gasteiger partial charge < -0.3 is 9.84 Å². The Morgan fingerprint density at radius 3 is 2.18 bits per heavy atom. The molecule has 0 saturated carbocycles. The van der Waals surface area contributed by atoms with Crippen LogP contribution in [0.15, 0.2) is 18.2 Å². The lowest BCUT2D eigenvalue weighted by Gasteiger charge is -2.06. The summed E-state index contributed by atoms with van der Waals surface area (Å²) in [6.45, 7) is 2.24. The van der Waals surface area contributed by atoms with Crippen molar-refractivity contribution in [3.63, 3.8) is 0 Å². The lowest BCUT2D eigenvalue weighted by Crippen LogP contribution is -1.99. The van der Waals surface area contributed by atoms with Gasteiger partial charge in [-0.2, -0.15) is 0 Å². The van der Waals surface area contributed by atoms with Crippen LogP contribution in [-0.2, 0) is 0 Å². The molecule has 1 aromatic carbocycles. The van der Waals surface area contributed by atoms with Crippen LogP contribution in [-0.4, -0.2) is 18.0 Å². The Kier molecular flexibility index (Phi) is 9.36. The predicted octanol–water partition coefficient (Wildman–Crippen LogP) is 5.50. The molecule has 124 valence electrons. The summed E-state index contributed by atoms with van der Waals surface area (Å²) in [5.74, 6) is 0.557. The average molecular weight is 306 g/mol. The molecule has 1 N–H and O–H groups in total. The molecule has 0 amide bonds. The van der Waals surface area contributed by atoms with E-state index in [0.717, 1.165) is 12.8 Å². The largest absolute Gasteiger partial charge is 0.504 e. The van der Waals surface area contributed by atoms with Gasteiger partial charge in [0.2, 0.25) is 0 Å². The zero-order valence-corrected chi connectivity index (χ0v) is 14.1. The molecule has 3 nitrogen and oxygen atoms in total. The van der Waals surface area contributed by atoms with E-state index in [4.69, 9.17) is 4.74 Å². The van der Waals surface area contributed by atoms with Gasteiger partial charge in [-0.15, -0.1) is 0 Å². The molecule has 0 aliphatic carbocycles. The molecule has 0 unspecified atom stereocenters. The summed E-state index contributed by atoms with van der Waals surface area (Å²) in [5, 5.41) is 9.53. The number of ether oxygens (including phenoxy) is 1. The molecule has 3 heteroatoms. The van der Waals surface area contributed by atoms with Crippen molar-refractivity contribution in [1.82, 2.24) is 0 Å². The molecular weight excluding hydrogens is 276 g/mol. The molecule has 0 heterocycles. The van der Waals surface area contributed by atoms with Crippen LogP contribution in [0.4, 0.5) is 0 Å². The second-order valence-electron chi connectivity index (χ2n) is 5.89. The maximum Gasteiger partial charge on any atom is 0.163 e. The zero-order chi connectivity index (χ0) is 16.2. The van der Waals surface area contributed by atoms with E-state index in [0.29, 0.717) is 17.7 Å². The number of methoxy groups -OCH3 is 1. The summed E-state index contributed by atoms with van der Waals surface area (Å²) in [7, 11) is 1.49. The Morgan fingerprint density at radius 2 is 1.59 bits per heavy atom. The van der Waals surface area contributed by atoms with Gasteiger partial charge in [-0.3, -0.25) is 4.79 Å². The van der Waals surface area contributed by atoms with Crippen molar-refractivity contribution in [3.05, 3.63) is 23.8 Å². The normalized spacial score (nSPS) is 10.6. The van der Waals surface area contributed by atoms with Gasteiger partial charge in [0.25, 0.3) is 0 Å². The highest BCUT2D eigenvalue weighted by atomic mass is 16.5. The first-order valence-corrected chi connectivity index (χ1v) is 8.59. The second-order valence-corrected chi connectivity index (χ2v) is 5.89. The first-order valence-electron chi connectivity index (χ1n) is 8.59. The van der Waals surface area contributed by atoms with Crippen LogP contribution in [0.3, 0.4) is 0 Å². The lowest BCUT2D eigenvalue weighted by molar-refractivity contribution is 0.0978. The number of hydrogen-bond donors (Lipinski definition) is 1. The molecule has 0 atom stereocenters. The van der Waals surface area contributed by atoms with Crippen molar-refractivity contribution in [1.29, 1.82) is 0 Å². The van der Waals surface area contributed by atoms with Crippen LogP contribution in [0.5, 0.6) is 11.5 Å². The quantitative estimate of drug-likeness (QED) is 0.409. The number of carbonyl (C=O) groups excluding carboxylic acids is 1. The Bertz CT molecular complexity index is 440. The van der Waals surface area contributed by atoms with E-state index in [1.807, 2.05) is 0 Å². The number of Topliss-reactive ketones (excluding diaryl/α,β-unsaturated/α-hetero) is 1. The van der Waals surface area contributed by atoms with Gasteiger partial charge in [-0.25, -0.2) is 0 Å². The minimum absolute atomic E-state index is 0.0714. The summed E-state index contributed by atoms with van der Waals surface area (Å²) in [6.07, 6.45) is 11.8. The smallest absolute Gasteiger partial charge is 0.163 e. The molecule has 0 radical (unpaired) electrons. The Morgan fingerprint density at radius 1 is 1.00 bits per heavy atom. The number of phenols is 1. The number of ketones is 1. The van der Waals surface area contributed by atoms with E-state index in [2.05, 4.69) is 6.92 Å². The average Bonchev–Trinajstić information content (AvgIpc) is 2.53. The third-order valence-corrected chi connectivity index (χ3v) is 4.01. The van der Waals surface area contributed by atoms with Crippen LogP contribution in [0.2, 0.25) is 0 Å². The van der Waals surface area contributed by atoms with Crippen molar-refractivity contribution in [2.75, 3.05) is 7.11 Å². The van der Waals surface area contributed by atoms with Crippen LogP contribution in [0, 0.1) is 0 Å². The van der Waals surface area contributed by atoms with E-state index in [1.165, 1.54) is 58.1 Å². The zero-order valence-electron chi connectivity index (χ0n) is 14.1. The molecule has 1 rings (SSSR count). The van der Waals surface area contributed by atoms with Gasteiger partial charge in [0.05, 0.1) is 7.11 Å². The minimum atomic E-state index is 0.0714. The van der Waals surface area contributed by atoms with Gasteiger partial charge in [0.1, 0.15) is 0 Å². The first kappa shape index (κ1) is 18.5. The molecule has 0 bridgehead atoms. The third kappa shape index (κ3) is 6.97.